The highest BCUT2D eigenvalue weighted by Gasteiger charge is 2.49. The largest absolute Gasteiger partial charge is 0.435 e. The first-order chi connectivity index (χ1) is 11.7. The molecule has 1 N–H and O–H groups in total. The number of likely N-dealkylation sites (tertiary alicyclic amines) is 1. The SMILES string of the molecule is CC(=O)N[C@H]1CC[C@@H](C(F)(F)F)N(C(=O)c2oc(C3CC3)nc2C)C1. The van der Waals surface area contributed by atoms with E-state index in [9.17, 15) is 22.8 Å². The lowest BCUT2D eigenvalue weighted by Crippen LogP contribution is -2.58. The minimum atomic E-state index is -4.54. The molecule has 0 unspecified atom stereocenters. The number of piperidine rings is 1. The fourth-order valence-electron chi connectivity index (χ4n) is 3.19. The van der Waals surface area contributed by atoms with E-state index < -0.39 is 24.2 Å². The number of oxazole rings is 1. The monoisotopic (exact) mass is 359 g/mol. The van der Waals surface area contributed by atoms with E-state index in [1.807, 2.05) is 0 Å². The van der Waals surface area contributed by atoms with Gasteiger partial charge in [0.15, 0.2) is 5.89 Å². The molecule has 1 saturated heterocycles. The van der Waals surface area contributed by atoms with Crippen LogP contribution in [0, 0.1) is 6.92 Å². The second kappa shape index (κ2) is 6.34. The molecule has 6 nitrogen and oxygen atoms in total. The summed E-state index contributed by atoms with van der Waals surface area (Å²) in [6, 6.07) is -2.40. The van der Waals surface area contributed by atoms with Gasteiger partial charge in [0, 0.05) is 25.4 Å². The van der Waals surface area contributed by atoms with Gasteiger partial charge in [0.1, 0.15) is 6.04 Å². The van der Waals surface area contributed by atoms with E-state index in [4.69, 9.17) is 4.42 Å². The van der Waals surface area contributed by atoms with E-state index in [0.29, 0.717) is 11.6 Å². The van der Waals surface area contributed by atoms with Crippen LogP contribution < -0.4 is 5.32 Å². The molecular formula is C16H20F3N3O3. The van der Waals surface area contributed by atoms with Crippen LogP contribution in [0.2, 0.25) is 0 Å². The number of aromatic nitrogens is 1. The van der Waals surface area contributed by atoms with Crippen LogP contribution in [-0.4, -0.2) is 46.5 Å². The molecule has 9 heteroatoms. The summed E-state index contributed by atoms with van der Waals surface area (Å²) in [5.41, 5.74) is 0.300. The van der Waals surface area contributed by atoms with Crippen LogP contribution in [0.3, 0.4) is 0 Å². The van der Waals surface area contributed by atoms with Crippen molar-refractivity contribution in [1.29, 1.82) is 0 Å². The lowest BCUT2D eigenvalue weighted by Gasteiger charge is -2.40. The number of carbonyl (C=O) groups excluding carboxylic acids is 2. The van der Waals surface area contributed by atoms with E-state index in [0.717, 1.165) is 17.7 Å². The average molecular weight is 359 g/mol. The molecule has 0 radical (unpaired) electrons. The maximum atomic E-state index is 13.4. The molecular weight excluding hydrogens is 339 g/mol. The number of alkyl halides is 3. The number of carbonyl (C=O) groups is 2. The molecule has 3 rings (SSSR count). The fourth-order valence-corrected chi connectivity index (χ4v) is 3.19. The standard InChI is InChI=1S/C16H20F3N3O3/c1-8-13(25-14(20-8)10-3-4-10)15(24)22-7-11(21-9(2)23)5-6-12(22)16(17,18)19/h10-12H,3-7H2,1-2H3,(H,21,23)/t11-,12-/m0/s1. The first-order valence-corrected chi connectivity index (χ1v) is 8.29. The summed E-state index contributed by atoms with van der Waals surface area (Å²) < 4.78 is 45.6. The Labute approximate surface area is 142 Å². The van der Waals surface area contributed by atoms with Crippen molar-refractivity contribution in [2.75, 3.05) is 6.54 Å². The normalized spacial score (nSPS) is 24.3. The Bertz CT molecular complexity index is 682. The van der Waals surface area contributed by atoms with Crippen LogP contribution >= 0.6 is 0 Å². The van der Waals surface area contributed by atoms with Gasteiger partial charge in [-0.1, -0.05) is 0 Å². The van der Waals surface area contributed by atoms with Gasteiger partial charge >= 0.3 is 6.18 Å². The third-order valence-electron chi connectivity index (χ3n) is 4.56. The van der Waals surface area contributed by atoms with Gasteiger partial charge in [0.25, 0.3) is 5.91 Å². The van der Waals surface area contributed by atoms with Crippen LogP contribution in [0.1, 0.15) is 60.7 Å². The Morgan fingerprint density at radius 2 is 1.92 bits per heavy atom. The minimum absolute atomic E-state index is 0.139. The molecule has 1 aliphatic carbocycles. The molecule has 1 aliphatic heterocycles. The predicted molar refractivity (Wildman–Crippen MR) is 80.9 cm³/mol. The molecule has 138 valence electrons. The second-order valence-electron chi connectivity index (χ2n) is 6.73. The minimum Gasteiger partial charge on any atom is -0.435 e. The van der Waals surface area contributed by atoms with E-state index >= 15 is 0 Å². The molecule has 2 atom stereocenters. The Balaban J connectivity index is 1.85. The number of amides is 2. The molecule has 1 saturated carbocycles. The lowest BCUT2D eigenvalue weighted by atomic mass is 9.97. The summed E-state index contributed by atoms with van der Waals surface area (Å²) in [5, 5.41) is 2.59. The van der Waals surface area contributed by atoms with E-state index in [1.165, 1.54) is 6.92 Å². The first kappa shape index (κ1) is 17.8. The average Bonchev–Trinajstić information content (AvgIpc) is 3.28. The van der Waals surface area contributed by atoms with Gasteiger partial charge in [-0.25, -0.2) is 4.98 Å². The van der Waals surface area contributed by atoms with E-state index in [1.54, 1.807) is 6.92 Å². The summed E-state index contributed by atoms with van der Waals surface area (Å²) in [6.07, 6.45) is -2.82. The third kappa shape index (κ3) is 3.80. The number of halogens is 3. The molecule has 2 aliphatic rings. The number of rotatable bonds is 3. The predicted octanol–water partition coefficient (Wildman–Crippen LogP) is 2.53. The molecule has 2 fully saturated rings. The van der Waals surface area contributed by atoms with Crippen LogP contribution in [0.5, 0.6) is 0 Å². The Kier molecular flexibility index (Phi) is 4.51. The number of hydrogen-bond acceptors (Lipinski definition) is 4. The second-order valence-corrected chi connectivity index (χ2v) is 6.73. The summed E-state index contributed by atoms with van der Waals surface area (Å²) >= 11 is 0. The van der Waals surface area contributed by atoms with Gasteiger partial charge in [-0.2, -0.15) is 13.2 Å². The van der Waals surface area contributed by atoms with Gasteiger partial charge in [-0.15, -0.1) is 0 Å². The van der Waals surface area contributed by atoms with Crippen molar-refractivity contribution in [3.63, 3.8) is 0 Å². The molecule has 25 heavy (non-hydrogen) atoms. The van der Waals surface area contributed by atoms with Crippen molar-refractivity contribution in [1.82, 2.24) is 15.2 Å². The highest BCUT2D eigenvalue weighted by molar-refractivity contribution is 5.93. The maximum absolute atomic E-state index is 13.4. The molecule has 0 bridgehead atoms. The lowest BCUT2D eigenvalue weighted by molar-refractivity contribution is -0.184. The topological polar surface area (TPSA) is 75.4 Å². The van der Waals surface area contributed by atoms with Crippen LogP contribution in [0.25, 0.3) is 0 Å². The van der Waals surface area contributed by atoms with Crippen molar-refractivity contribution >= 4 is 11.8 Å². The number of nitrogens with one attached hydrogen (secondary N) is 1. The van der Waals surface area contributed by atoms with Crippen LogP contribution in [0.15, 0.2) is 4.42 Å². The zero-order valence-corrected chi connectivity index (χ0v) is 14.0. The summed E-state index contributed by atoms with van der Waals surface area (Å²) in [4.78, 5) is 28.9. The van der Waals surface area contributed by atoms with Crippen molar-refractivity contribution in [3.05, 3.63) is 17.3 Å². The molecule has 1 aromatic heterocycles. The molecule has 2 amide bonds. The summed E-state index contributed by atoms with van der Waals surface area (Å²) in [7, 11) is 0. The van der Waals surface area contributed by atoms with E-state index in [-0.39, 0.29) is 37.0 Å². The Morgan fingerprint density at radius 3 is 2.48 bits per heavy atom. The molecule has 2 heterocycles. The molecule has 0 aromatic carbocycles. The van der Waals surface area contributed by atoms with Gasteiger partial charge < -0.3 is 14.6 Å². The highest BCUT2D eigenvalue weighted by Crippen LogP contribution is 2.40. The zero-order chi connectivity index (χ0) is 18.4. The van der Waals surface area contributed by atoms with E-state index in [2.05, 4.69) is 10.3 Å². The quantitative estimate of drug-likeness (QED) is 0.900. The van der Waals surface area contributed by atoms with Crippen molar-refractivity contribution in [3.8, 4) is 0 Å². The highest BCUT2D eigenvalue weighted by atomic mass is 19.4. The van der Waals surface area contributed by atoms with Gasteiger partial charge in [-0.05, 0) is 32.6 Å². The van der Waals surface area contributed by atoms with Crippen molar-refractivity contribution in [2.45, 2.75) is 63.7 Å². The summed E-state index contributed by atoms with van der Waals surface area (Å²) in [6.45, 7) is 2.65. The number of nitrogens with zero attached hydrogens (tertiary/aromatic N) is 2. The van der Waals surface area contributed by atoms with Crippen molar-refractivity contribution < 1.29 is 27.2 Å². The van der Waals surface area contributed by atoms with Crippen LogP contribution in [-0.2, 0) is 4.79 Å². The first-order valence-electron chi connectivity index (χ1n) is 8.29. The van der Waals surface area contributed by atoms with Crippen molar-refractivity contribution in [2.24, 2.45) is 0 Å². The maximum Gasteiger partial charge on any atom is 0.408 e. The Morgan fingerprint density at radius 1 is 1.24 bits per heavy atom. The van der Waals surface area contributed by atoms with Gasteiger partial charge in [0.2, 0.25) is 11.7 Å². The number of hydrogen-bond donors (Lipinski definition) is 1. The number of aryl methyl sites for hydroxylation is 1. The molecule has 1 aromatic rings. The fraction of sp³-hybridized carbons (Fsp3) is 0.688. The molecule has 0 spiro atoms. The van der Waals surface area contributed by atoms with Gasteiger partial charge in [0.05, 0.1) is 5.69 Å². The zero-order valence-electron chi connectivity index (χ0n) is 14.0. The smallest absolute Gasteiger partial charge is 0.408 e. The Hall–Kier alpha value is -2.06. The summed E-state index contributed by atoms with van der Waals surface area (Å²) in [5.74, 6) is -0.726. The third-order valence-corrected chi connectivity index (χ3v) is 4.56. The van der Waals surface area contributed by atoms with Gasteiger partial charge in [-0.3, -0.25) is 9.59 Å². The van der Waals surface area contributed by atoms with Crippen LogP contribution in [0.4, 0.5) is 13.2 Å².